The van der Waals surface area contributed by atoms with E-state index in [2.05, 4.69) is 6.07 Å². The van der Waals surface area contributed by atoms with E-state index in [1.807, 2.05) is 6.07 Å². The van der Waals surface area contributed by atoms with Crippen LogP contribution in [0, 0.1) is 22.7 Å². The molecule has 0 spiro atoms. The number of nitrogens with zero attached hydrogens (tertiary/aromatic N) is 2. The Kier molecular flexibility index (Phi) is 4.65. The molecule has 5 heteroatoms. The maximum Gasteiger partial charge on any atom is 0.335 e. The van der Waals surface area contributed by atoms with Gasteiger partial charge >= 0.3 is 5.97 Å². The fourth-order valence-corrected chi connectivity index (χ4v) is 2.44. The van der Waals surface area contributed by atoms with Crippen LogP contribution in [0.4, 0.5) is 0 Å². The Morgan fingerprint density at radius 2 is 1.77 bits per heavy atom. The minimum Gasteiger partial charge on any atom is -0.478 e. The van der Waals surface area contributed by atoms with Crippen molar-refractivity contribution < 1.29 is 14.3 Å². The van der Waals surface area contributed by atoms with Crippen LogP contribution in [0.3, 0.4) is 0 Å². The fraction of sp³-hybridized carbons (Fsp3) is 0. The van der Waals surface area contributed by atoms with E-state index in [1.165, 1.54) is 12.1 Å². The fourth-order valence-electron chi connectivity index (χ4n) is 2.44. The van der Waals surface area contributed by atoms with E-state index in [-0.39, 0.29) is 5.56 Å². The third-order valence-corrected chi connectivity index (χ3v) is 3.75. The van der Waals surface area contributed by atoms with Gasteiger partial charge in [0.05, 0.1) is 28.8 Å². The van der Waals surface area contributed by atoms with E-state index < -0.39 is 5.97 Å². The summed E-state index contributed by atoms with van der Waals surface area (Å²) in [5.74, 6) is -0.0239. The Balaban J connectivity index is 1.92. The SMILES string of the molecule is N#C/C(=C/c1ccc(-c2cccc(C(=O)O)c2)o1)c1ccc(C#N)cc1. The van der Waals surface area contributed by atoms with Crippen molar-refractivity contribution in [2.24, 2.45) is 0 Å². The zero-order valence-electron chi connectivity index (χ0n) is 13.5. The molecule has 0 aliphatic heterocycles. The van der Waals surface area contributed by atoms with Crippen molar-refractivity contribution in [3.05, 3.63) is 83.1 Å². The molecule has 1 heterocycles. The van der Waals surface area contributed by atoms with Crippen LogP contribution < -0.4 is 0 Å². The summed E-state index contributed by atoms with van der Waals surface area (Å²) < 4.78 is 5.73. The highest BCUT2D eigenvalue weighted by Crippen LogP contribution is 2.26. The second-order valence-corrected chi connectivity index (χ2v) is 5.45. The van der Waals surface area contributed by atoms with Crippen molar-refractivity contribution in [2.75, 3.05) is 0 Å². The Morgan fingerprint density at radius 1 is 1.00 bits per heavy atom. The molecule has 26 heavy (non-hydrogen) atoms. The highest BCUT2D eigenvalue weighted by atomic mass is 16.4. The third kappa shape index (κ3) is 3.53. The van der Waals surface area contributed by atoms with Crippen LogP contribution in [0.15, 0.2) is 65.1 Å². The van der Waals surface area contributed by atoms with Crippen LogP contribution in [0.25, 0.3) is 23.0 Å². The number of allylic oxidation sites excluding steroid dienone is 1. The van der Waals surface area contributed by atoms with Crippen molar-refractivity contribution >= 4 is 17.6 Å². The summed E-state index contributed by atoms with van der Waals surface area (Å²) in [6.07, 6.45) is 1.60. The maximum absolute atomic E-state index is 11.1. The molecule has 124 valence electrons. The van der Waals surface area contributed by atoms with Crippen molar-refractivity contribution in [1.82, 2.24) is 0 Å². The monoisotopic (exact) mass is 340 g/mol. The predicted octanol–water partition coefficient (Wildman–Crippen LogP) is 4.58. The summed E-state index contributed by atoms with van der Waals surface area (Å²) in [7, 11) is 0. The summed E-state index contributed by atoms with van der Waals surface area (Å²) in [4.78, 5) is 11.1. The Morgan fingerprint density at radius 3 is 2.42 bits per heavy atom. The molecule has 0 saturated carbocycles. The van der Waals surface area contributed by atoms with E-state index in [0.717, 1.165) is 0 Å². The molecule has 0 unspecified atom stereocenters. The number of benzene rings is 2. The first-order valence-electron chi connectivity index (χ1n) is 7.66. The zero-order chi connectivity index (χ0) is 18.5. The first kappa shape index (κ1) is 16.8. The number of furan rings is 1. The molecule has 0 amide bonds. The largest absolute Gasteiger partial charge is 0.478 e. The second-order valence-electron chi connectivity index (χ2n) is 5.45. The van der Waals surface area contributed by atoms with Crippen LogP contribution in [-0.4, -0.2) is 11.1 Å². The number of hydrogen-bond donors (Lipinski definition) is 1. The molecule has 0 fully saturated rings. The van der Waals surface area contributed by atoms with Crippen molar-refractivity contribution in [1.29, 1.82) is 10.5 Å². The second kappa shape index (κ2) is 7.21. The molecule has 0 aliphatic carbocycles. The lowest BCUT2D eigenvalue weighted by atomic mass is 10.0. The lowest BCUT2D eigenvalue weighted by molar-refractivity contribution is 0.0697. The molecule has 0 atom stereocenters. The molecule has 0 bridgehead atoms. The number of aromatic carboxylic acids is 1. The molecule has 0 radical (unpaired) electrons. The Hall–Kier alpha value is -4.09. The van der Waals surface area contributed by atoms with E-state index in [4.69, 9.17) is 14.8 Å². The van der Waals surface area contributed by atoms with Gasteiger partial charge in [-0.2, -0.15) is 10.5 Å². The molecule has 2 aromatic carbocycles. The first-order valence-corrected chi connectivity index (χ1v) is 7.66. The average Bonchev–Trinajstić information content (AvgIpc) is 3.15. The Bertz CT molecular complexity index is 1080. The summed E-state index contributed by atoms with van der Waals surface area (Å²) >= 11 is 0. The van der Waals surface area contributed by atoms with E-state index in [9.17, 15) is 10.1 Å². The highest BCUT2D eigenvalue weighted by molar-refractivity contribution is 5.90. The number of hydrogen-bond acceptors (Lipinski definition) is 4. The average molecular weight is 340 g/mol. The summed E-state index contributed by atoms with van der Waals surface area (Å²) in [5.41, 5.74) is 2.41. The molecular formula is C21H12N2O3. The molecule has 3 aromatic rings. The van der Waals surface area contributed by atoms with Crippen LogP contribution >= 0.6 is 0 Å². The van der Waals surface area contributed by atoms with Gasteiger partial charge in [0.1, 0.15) is 11.5 Å². The molecule has 1 N–H and O–H groups in total. The predicted molar refractivity (Wildman–Crippen MR) is 95.7 cm³/mol. The number of carbonyl (C=O) groups is 1. The van der Waals surface area contributed by atoms with Gasteiger partial charge < -0.3 is 9.52 Å². The minimum atomic E-state index is -1.01. The number of nitriles is 2. The normalized spacial score (nSPS) is 10.8. The van der Waals surface area contributed by atoms with Crippen LogP contribution in [0.5, 0.6) is 0 Å². The number of carboxylic acids is 1. The van der Waals surface area contributed by atoms with Crippen molar-refractivity contribution in [3.8, 4) is 23.5 Å². The van der Waals surface area contributed by atoms with E-state index in [0.29, 0.717) is 33.8 Å². The standard InChI is InChI=1S/C21H12N2O3/c22-12-14-4-6-15(7-5-14)18(13-23)11-19-8-9-20(26-19)16-2-1-3-17(10-16)21(24)25/h1-11H,(H,24,25)/b18-11-. The van der Waals surface area contributed by atoms with Gasteiger partial charge in [-0.15, -0.1) is 0 Å². The number of rotatable bonds is 4. The zero-order valence-corrected chi connectivity index (χ0v) is 13.5. The maximum atomic E-state index is 11.1. The van der Waals surface area contributed by atoms with Gasteiger partial charge in [-0.25, -0.2) is 4.79 Å². The summed E-state index contributed by atoms with van der Waals surface area (Å²) in [5, 5.41) is 27.3. The minimum absolute atomic E-state index is 0.172. The van der Waals surface area contributed by atoms with Crippen LogP contribution in [0.1, 0.15) is 27.2 Å². The molecule has 5 nitrogen and oxygen atoms in total. The lowest BCUT2D eigenvalue weighted by Crippen LogP contribution is -1.95. The summed E-state index contributed by atoms with van der Waals surface area (Å²) in [6.45, 7) is 0. The highest BCUT2D eigenvalue weighted by Gasteiger charge is 2.09. The van der Waals surface area contributed by atoms with Gasteiger partial charge in [0.15, 0.2) is 0 Å². The van der Waals surface area contributed by atoms with Crippen LogP contribution in [0.2, 0.25) is 0 Å². The van der Waals surface area contributed by atoms with Gasteiger partial charge in [0.25, 0.3) is 0 Å². The van der Waals surface area contributed by atoms with Gasteiger partial charge in [-0.1, -0.05) is 24.3 Å². The first-order chi connectivity index (χ1) is 12.6. The molecule has 0 aliphatic rings. The Labute approximate surface area is 149 Å². The van der Waals surface area contributed by atoms with Crippen molar-refractivity contribution in [3.63, 3.8) is 0 Å². The molecule has 0 saturated heterocycles. The third-order valence-electron chi connectivity index (χ3n) is 3.75. The quantitative estimate of drug-likeness (QED) is 0.701. The van der Waals surface area contributed by atoms with Gasteiger partial charge in [0, 0.05) is 5.56 Å². The van der Waals surface area contributed by atoms with Crippen molar-refractivity contribution in [2.45, 2.75) is 0 Å². The molecular weight excluding hydrogens is 328 g/mol. The smallest absolute Gasteiger partial charge is 0.335 e. The van der Waals surface area contributed by atoms with Gasteiger partial charge in [-0.05, 0) is 48.0 Å². The van der Waals surface area contributed by atoms with E-state index >= 15 is 0 Å². The van der Waals surface area contributed by atoms with E-state index in [1.54, 1.807) is 54.6 Å². The lowest BCUT2D eigenvalue weighted by Gasteiger charge is -2.00. The summed E-state index contributed by atoms with van der Waals surface area (Å²) in [6, 6.07) is 20.7. The molecule has 1 aromatic heterocycles. The van der Waals surface area contributed by atoms with Gasteiger partial charge in [0.2, 0.25) is 0 Å². The molecule has 3 rings (SSSR count). The number of carboxylic acid groups (broad SMARTS) is 1. The topological polar surface area (TPSA) is 98.0 Å². The van der Waals surface area contributed by atoms with Crippen LogP contribution in [-0.2, 0) is 0 Å². The van der Waals surface area contributed by atoms with Gasteiger partial charge in [-0.3, -0.25) is 0 Å².